The maximum atomic E-state index is 13.2. The SMILES string of the molecule is Cc1ccc(-c2nc3ccccc3[nH]2)cc1NC(=O)c1cccc(-c2cc3ccccc3oc2=O)c1. The molecule has 6 aromatic rings. The number of aromatic amines is 1. The highest BCUT2D eigenvalue weighted by atomic mass is 16.4. The minimum atomic E-state index is -0.444. The van der Waals surface area contributed by atoms with Crippen LogP contribution in [0.25, 0.3) is 44.5 Å². The number of carbonyl (C=O) groups is 1. The van der Waals surface area contributed by atoms with Gasteiger partial charge in [-0.1, -0.05) is 54.6 Å². The number of hydrogen-bond acceptors (Lipinski definition) is 4. The highest BCUT2D eigenvalue weighted by molar-refractivity contribution is 6.05. The van der Waals surface area contributed by atoms with E-state index in [2.05, 4.69) is 15.3 Å². The molecular weight excluding hydrogens is 450 g/mol. The first-order valence-electron chi connectivity index (χ1n) is 11.6. The zero-order valence-corrected chi connectivity index (χ0v) is 19.4. The van der Waals surface area contributed by atoms with Crippen molar-refractivity contribution in [3.63, 3.8) is 0 Å². The number of rotatable bonds is 4. The largest absolute Gasteiger partial charge is 0.422 e. The lowest BCUT2D eigenvalue weighted by atomic mass is 10.0. The number of anilines is 1. The van der Waals surface area contributed by atoms with Gasteiger partial charge in [-0.3, -0.25) is 4.79 Å². The molecule has 0 fully saturated rings. The zero-order valence-electron chi connectivity index (χ0n) is 19.4. The fraction of sp³-hybridized carbons (Fsp3) is 0.0333. The van der Waals surface area contributed by atoms with Crippen LogP contribution in [-0.4, -0.2) is 15.9 Å². The van der Waals surface area contributed by atoms with Crippen LogP contribution in [0.3, 0.4) is 0 Å². The summed E-state index contributed by atoms with van der Waals surface area (Å²) in [7, 11) is 0. The van der Waals surface area contributed by atoms with Gasteiger partial charge in [0, 0.05) is 22.2 Å². The van der Waals surface area contributed by atoms with Gasteiger partial charge in [0.2, 0.25) is 0 Å². The number of amides is 1. The molecule has 0 saturated carbocycles. The topological polar surface area (TPSA) is 88.0 Å². The van der Waals surface area contributed by atoms with Crippen molar-refractivity contribution in [2.45, 2.75) is 6.92 Å². The van der Waals surface area contributed by atoms with Gasteiger partial charge >= 0.3 is 5.63 Å². The molecular formula is C30H21N3O3. The Labute approximate surface area is 206 Å². The average Bonchev–Trinajstić information content (AvgIpc) is 3.34. The average molecular weight is 472 g/mol. The van der Waals surface area contributed by atoms with E-state index in [-0.39, 0.29) is 5.91 Å². The Morgan fingerprint density at radius 1 is 0.861 bits per heavy atom. The summed E-state index contributed by atoms with van der Waals surface area (Å²) in [5.41, 5.74) is 5.87. The second kappa shape index (κ2) is 8.67. The molecule has 0 radical (unpaired) electrons. The summed E-state index contributed by atoms with van der Waals surface area (Å²) in [6.45, 7) is 1.94. The van der Waals surface area contributed by atoms with Crippen molar-refractivity contribution in [3.8, 4) is 22.5 Å². The standard InChI is InChI=1S/C30H21N3O3/c1-18-13-14-21(28-31-24-10-3-4-11-25(24)32-28)17-26(18)33-29(34)22-9-6-8-19(15-22)23-16-20-7-2-5-12-27(20)36-30(23)35/h2-17H,1H3,(H,31,32)(H,33,34). The monoisotopic (exact) mass is 471 g/mol. The Kier molecular flexibility index (Phi) is 5.19. The van der Waals surface area contributed by atoms with E-state index in [1.807, 2.05) is 67.6 Å². The minimum absolute atomic E-state index is 0.271. The molecule has 6 heteroatoms. The zero-order chi connectivity index (χ0) is 24.6. The van der Waals surface area contributed by atoms with Crippen molar-refractivity contribution in [3.05, 3.63) is 119 Å². The summed E-state index contributed by atoms with van der Waals surface area (Å²) in [6, 6.07) is 29.8. The lowest BCUT2D eigenvalue weighted by molar-refractivity contribution is 0.102. The van der Waals surface area contributed by atoms with Gasteiger partial charge in [0.15, 0.2) is 0 Å². The highest BCUT2D eigenvalue weighted by Gasteiger charge is 2.14. The molecule has 6 rings (SSSR count). The maximum absolute atomic E-state index is 13.2. The van der Waals surface area contributed by atoms with Crippen LogP contribution in [0.15, 0.2) is 106 Å². The van der Waals surface area contributed by atoms with Crippen LogP contribution in [0.1, 0.15) is 15.9 Å². The molecule has 4 aromatic carbocycles. The number of aromatic nitrogens is 2. The molecule has 0 aliphatic rings. The number of para-hydroxylation sites is 3. The molecule has 2 heterocycles. The Bertz CT molecular complexity index is 1800. The number of hydrogen-bond donors (Lipinski definition) is 2. The first-order chi connectivity index (χ1) is 17.5. The van der Waals surface area contributed by atoms with Gasteiger partial charge in [-0.25, -0.2) is 9.78 Å². The molecule has 0 aliphatic carbocycles. The number of benzene rings is 4. The molecule has 36 heavy (non-hydrogen) atoms. The van der Waals surface area contributed by atoms with Crippen molar-refractivity contribution in [2.24, 2.45) is 0 Å². The van der Waals surface area contributed by atoms with Crippen LogP contribution < -0.4 is 10.9 Å². The lowest BCUT2D eigenvalue weighted by Crippen LogP contribution is -2.13. The van der Waals surface area contributed by atoms with Crippen LogP contribution >= 0.6 is 0 Å². The smallest absolute Gasteiger partial charge is 0.344 e. The van der Waals surface area contributed by atoms with E-state index < -0.39 is 5.63 Å². The Hall–Kier alpha value is -4.97. The fourth-order valence-electron chi connectivity index (χ4n) is 4.28. The van der Waals surface area contributed by atoms with Crippen LogP contribution in [0.2, 0.25) is 0 Å². The third-order valence-corrected chi connectivity index (χ3v) is 6.23. The summed E-state index contributed by atoms with van der Waals surface area (Å²) in [6.07, 6.45) is 0. The van der Waals surface area contributed by atoms with Crippen LogP contribution in [0.5, 0.6) is 0 Å². The maximum Gasteiger partial charge on any atom is 0.344 e. The van der Waals surface area contributed by atoms with Gasteiger partial charge in [-0.2, -0.15) is 0 Å². The predicted octanol–water partition coefficient (Wildman–Crippen LogP) is 6.56. The van der Waals surface area contributed by atoms with Crippen molar-refractivity contribution < 1.29 is 9.21 Å². The minimum Gasteiger partial charge on any atom is -0.422 e. The van der Waals surface area contributed by atoms with Crippen LogP contribution in [0, 0.1) is 6.92 Å². The van der Waals surface area contributed by atoms with E-state index in [0.717, 1.165) is 33.4 Å². The van der Waals surface area contributed by atoms with Gasteiger partial charge < -0.3 is 14.7 Å². The molecule has 0 saturated heterocycles. The quantitative estimate of drug-likeness (QED) is 0.285. The third-order valence-electron chi connectivity index (χ3n) is 6.23. The molecule has 1 amide bonds. The number of fused-ring (bicyclic) bond motifs is 2. The molecule has 0 unspecified atom stereocenters. The molecule has 2 aromatic heterocycles. The van der Waals surface area contributed by atoms with Crippen LogP contribution in [0.4, 0.5) is 5.69 Å². The summed E-state index contributed by atoms with van der Waals surface area (Å²) in [4.78, 5) is 33.8. The van der Waals surface area contributed by atoms with E-state index in [4.69, 9.17) is 4.42 Å². The molecule has 0 atom stereocenters. The number of nitrogens with zero attached hydrogens (tertiary/aromatic N) is 1. The van der Waals surface area contributed by atoms with E-state index >= 15 is 0 Å². The summed E-state index contributed by atoms with van der Waals surface area (Å²) >= 11 is 0. The van der Waals surface area contributed by atoms with E-state index in [9.17, 15) is 9.59 Å². The van der Waals surface area contributed by atoms with Crippen molar-refractivity contribution in [2.75, 3.05) is 5.32 Å². The predicted molar refractivity (Wildman–Crippen MR) is 142 cm³/mol. The number of aryl methyl sites for hydroxylation is 1. The third kappa shape index (κ3) is 3.95. The number of H-pyrrole nitrogens is 1. The highest BCUT2D eigenvalue weighted by Crippen LogP contribution is 2.27. The normalized spacial score (nSPS) is 11.1. The summed E-state index contributed by atoms with van der Waals surface area (Å²) in [5, 5.41) is 3.83. The molecule has 0 spiro atoms. The molecule has 2 N–H and O–H groups in total. The van der Waals surface area contributed by atoms with E-state index in [1.165, 1.54) is 0 Å². The number of imidazole rings is 1. The second-order valence-corrected chi connectivity index (χ2v) is 8.65. The van der Waals surface area contributed by atoms with Gasteiger partial charge in [0.05, 0.1) is 16.6 Å². The van der Waals surface area contributed by atoms with Crippen molar-refractivity contribution in [1.82, 2.24) is 9.97 Å². The van der Waals surface area contributed by atoms with Gasteiger partial charge in [0.1, 0.15) is 11.4 Å². The first kappa shape index (κ1) is 21.6. The second-order valence-electron chi connectivity index (χ2n) is 8.65. The first-order valence-corrected chi connectivity index (χ1v) is 11.6. The van der Waals surface area contributed by atoms with Crippen LogP contribution in [-0.2, 0) is 0 Å². The Morgan fingerprint density at radius 2 is 1.69 bits per heavy atom. The summed E-state index contributed by atoms with van der Waals surface area (Å²) in [5.74, 6) is 0.462. The van der Waals surface area contributed by atoms with Gasteiger partial charge in [-0.15, -0.1) is 0 Å². The van der Waals surface area contributed by atoms with E-state index in [0.29, 0.717) is 28.0 Å². The van der Waals surface area contributed by atoms with E-state index in [1.54, 1.807) is 36.4 Å². The number of nitrogens with one attached hydrogen (secondary N) is 2. The van der Waals surface area contributed by atoms with Crippen molar-refractivity contribution in [1.29, 1.82) is 0 Å². The Morgan fingerprint density at radius 3 is 2.58 bits per heavy atom. The molecule has 174 valence electrons. The fourth-order valence-corrected chi connectivity index (χ4v) is 4.28. The Balaban J connectivity index is 1.31. The van der Waals surface area contributed by atoms with Gasteiger partial charge in [-0.05, 0) is 60.5 Å². The number of carbonyl (C=O) groups excluding carboxylic acids is 1. The molecule has 6 nitrogen and oxygen atoms in total. The summed E-state index contributed by atoms with van der Waals surface area (Å²) < 4.78 is 5.47. The van der Waals surface area contributed by atoms with Crippen molar-refractivity contribution >= 4 is 33.6 Å². The lowest BCUT2D eigenvalue weighted by Gasteiger charge is -2.11. The van der Waals surface area contributed by atoms with Gasteiger partial charge in [0.25, 0.3) is 5.91 Å². The molecule has 0 aliphatic heterocycles. The molecule has 0 bridgehead atoms.